The fourth-order valence-corrected chi connectivity index (χ4v) is 6.64. The number of nitrogens with zero attached hydrogens (tertiary/aromatic N) is 2. The zero-order valence-corrected chi connectivity index (χ0v) is 25.0. The summed E-state index contributed by atoms with van der Waals surface area (Å²) in [5, 5.41) is 10.2. The number of hydrogen-bond donors (Lipinski definition) is 1. The molecule has 2 aromatic rings. The van der Waals surface area contributed by atoms with Crippen LogP contribution in [0.3, 0.4) is 0 Å². The molecule has 8 heteroatoms. The molecular weight excluding hydrogens is 536 g/mol. The van der Waals surface area contributed by atoms with Crippen LogP contribution in [0.1, 0.15) is 72.5 Å². The molecule has 1 atom stereocenters. The lowest BCUT2D eigenvalue weighted by Crippen LogP contribution is -2.51. The largest absolute Gasteiger partial charge is 0.497 e. The summed E-state index contributed by atoms with van der Waals surface area (Å²) in [7, 11) is 1.62. The number of allylic oxidation sites excluding steroid dienone is 5. The summed E-state index contributed by atoms with van der Waals surface area (Å²) in [5.74, 6) is 0.00785. The lowest BCUT2D eigenvalue weighted by molar-refractivity contribution is -0.135. The fourth-order valence-electron chi connectivity index (χ4n) is 5.67. The number of ether oxygens (including phenoxy) is 1. The third-order valence-corrected chi connectivity index (χ3v) is 9.39. The van der Waals surface area contributed by atoms with Gasteiger partial charge in [0.1, 0.15) is 10.6 Å². The number of carboxylic acids is 1. The number of methoxy groups -OCH3 is 1. The average Bonchev–Trinajstić information content (AvgIpc) is 3.41. The maximum atomic E-state index is 14.2. The molecule has 0 radical (unpaired) electrons. The van der Waals surface area contributed by atoms with Gasteiger partial charge in [-0.25, -0.2) is 4.79 Å². The van der Waals surface area contributed by atoms with Crippen LogP contribution in [0.2, 0.25) is 0 Å². The Morgan fingerprint density at radius 1 is 1.15 bits per heavy atom. The Morgan fingerprint density at radius 3 is 2.46 bits per heavy atom. The first-order valence-corrected chi connectivity index (χ1v) is 15.1. The monoisotopic (exact) mass is 576 g/mol. The van der Waals surface area contributed by atoms with Gasteiger partial charge in [-0.15, -0.1) is 11.3 Å². The number of piperidine rings is 1. The first-order chi connectivity index (χ1) is 19.7. The van der Waals surface area contributed by atoms with Crippen molar-refractivity contribution in [3.05, 3.63) is 76.5 Å². The summed E-state index contributed by atoms with van der Waals surface area (Å²) >= 11 is 1.17. The molecule has 7 nitrogen and oxygen atoms in total. The standard InChI is InChI=1S/C33H40N2O5S/c1-5-6-7-8-23(3)29-20-28(31(41-29)33(38)39)35(32(37)25-13-9-22(2)10-14-25)26-17-18-34(30(36)19-26)21-24-11-15-27(40-4)16-12-24/h5-8,11-12,15-16,20,22,25-26H,1,9-10,13-14,17-19,21H2,2-4H3,(H,38,39). The normalized spacial score (nSPS) is 21.6. The number of rotatable bonds is 10. The van der Waals surface area contributed by atoms with E-state index in [-0.39, 0.29) is 29.0 Å². The maximum Gasteiger partial charge on any atom is 0.348 e. The number of thiophene rings is 1. The van der Waals surface area contributed by atoms with Gasteiger partial charge in [-0.2, -0.15) is 0 Å². The Morgan fingerprint density at radius 2 is 1.85 bits per heavy atom. The van der Waals surface area contributed by atoms with Crippen molar-refractivity contribution in [3.8, 4) is 5.75 Å². The van der Waals surface area contributed by atoms with Gasteiger partial charge in [-0.1, -0.05) is 49.9 Å². The van der Waals surface area contributed by atoms with E-state index in [1.165, 1.54) is 11.3 Å². The van der Waals surface area contributed by atoms with Gasteiger partial charge in [-0.05, 0) is 74.3 Å². The first-order valence-electron chi connectivity index (χ1n) is 14.3. The number of amides is 2. The Labute approximate surface area is 246 Å². The van der Waals surface area contributed by atoms with Crippen molar-refractivity contribution in [3.63, 3.8) is 0 Å². The molecule has 1 aliphatic heterocycles. The van der Waals surface area contributed by atoms with Crippen molar-refractivity contribution in [2.75, 3.05) is 18.6 Å². The second-order valence-electron chi connectivity index (χ2n) is 11.1. The highest BCUT2D eigenvalue weighted by atomic mass is 32.1. The van der Waals surface area contributed by atoms with Crippen molar-refractivity contribution in [1.29, 1.82) is 0 Å². The molecule has 1 saturated carbocycles. The second-order valence-corrected chi connectivity index (χ2v) is 12.1. The number of carbonyl (C=O) groups is 3. The van der Waals surface area contributed by atoms with Crippen molar-refractivity contribution < 1.29 is 24.2 Å². The summed E-state index contributed by atoms with van der Waals surface area (Å²) < 4.78 is 5.24. The molecule has 2 fully saturated rings. The quantitative estimate of drug-likeness (QED) is 0.309. The minimum atomic E-state index is -1.07. The van der Waals surface area contributed by atoms with Crippen molar-refractivity contribution in [2.24, 2.45) is 11.8 Å². The Balaban J connectivity index is 1.63. The van der Waals surface area contributed by atoms with E-state index in [1.54, 1.807) is 24.2 Å². The molecule has 1 aromatic carbocycles. The van der Waals surface area contributed by atoms with Gasteiger partial charge in [-0.3, -0.25) is 9.59 Å². The van der Waals surface area contributed by atoms with Crippen LogP contribution < -0.4 is 9.64 Å². The Hall–Kier alpha value is -3.65. The summed E-state index contributed by atoms with van der Waals surface area (Å²) in [4.78, 5) is 44.5. The van der Waals surface area contributed by atoms with Gasteiger partial charge >= 0.3 is 5.97 Å². The highest BCUT2D eigenvalue weighted by Crippen LogP contribution is 2.40. The highest BCUT2D eigenvalue weighted by Gasteiger charge is 2.39. The predicted molar refractivity (Wildman–Crippen MR) is 164 cm³/mol. The van der Waals surface area contributed by atoms with Gasteiger partial charge in [0.15, 0.2) is 0 Å². The molecule has 1 aliphatic carbocycles. The third kappa shape index (κ3) is 7.36. The maximum absolute atomic E-state index is 14.2. The summed E-state index contributed by atoms with van der Waals surface area (Å²) in [6, 6.07) is 9.08. The van der Waals surface area contributed by atoms with E-state index in [0.717, 1.165) is 47.4 Å². The number of likely N-dealkylation sites (tertiary alicyclic amines) is 1. The van der Waals surface area contributed by atoms with Crippen LogP contribution in [0.25, 0.3) is 5.57 Å². The zero-order chi connectivity index (χ0) is 29.5. The minimum absolute atomic E-state index is 0.0369. The van der Waals surface area contributed by atoms with Crippen molar-refractivity contribution in [1.82, 2.24) is 4.90 Å². The van der Waals surface area contributed by atoms with Crippen molar-refractivity contribution in [2.45, 2.75) is 65.0 Å². The molecule has 41 heavy (non-hydrogen) atoms. The number of benzene rings is 1. The topological polar surface area (TPSA) is 87.2 Å². The molecule has 1 unspecified atom stereocenters. The molecule has 1 aromatic heterocycles. The number of carboxylic acid groups (broad SMARTS) is 1. The van der Waals surface area contributed by atoms with E-state index in [0.29, 0.717) is 31.1 Å². The van der Waals surface area contributed by atoms with Crippen LogP contribution in [0, 0.1) is 11.8 Å². The van der Waals surface area contributed by atoms with E-state index in [9.17, 15) is 19.5 Å². The van der Waals surface area contributed by atoms with Gasteiger partial charge in [0.2, 0.25) is 11.8 Å². The molecule has 0 spiro atoms. The lowest BCUT2D eigenvalue weighted by atomic mass is 9.82. The van der Waals surface area contributed by atoms with Gasteiger partial charge in [0, 0.05) is 36.3 Å². The molecule has 1 N–H and O–H groups in total. The molecule has 218 valence electrons. The van der Waals surface area contributed by atoms with Gasteiger partial charge < -0.3 is 19.6 Å². The molecular formula is C33H40N2O5S. The van der Waals surface area contributed by atoms with E-state index in [4.69, 9.17) is 4.74 Å². The number of anilines is 1. The van der Waals surface area contributed by atoms with Crippen molar-refractivity contribution >= 4 is 40.4 Å². The van der Waals surface area contributed by atoms with Gasteiger partial charge in [0.25, 0.3) is 0 Å². The Kier molecular flexibility index (Phi) is 10.2. The lowest BCUT2D eigenvalue weighted by Gasteiger charge is -2.40. The molecule has 1 saturated heterocycles. The first kappa shape index (κ1) is 30.3. The summed E-state index contributed by atoms with van der Waals surface area (Å²) in [6.07, 6.45) is 11.5. The molecule has 2 heterocycles. The fraction of sp³-hybridized carbons (Fsp3) is 0.424. The van der Waals surface area contributed by atoms with E-state index < -0.39 is 12.0 Å². The van der Waals surface area contributed by atoms with Crippen LogP contribution >= 0.6 is 11.3 Å². The average molecular weight is 577 g/mol. The highest BCUT2D eigenvalue weighted by molar-refractivity contribution is 7.15. The molecule has 0 bridgehead atoms. The number of hydrogen-bond acceptors (Lipinski definition) is 5. The Bertz CT molecular complexity index is 1320. The van der Waals surface area contributed by atoms with Crippen LogP contribution in [0.15, 0.2) is 61.2 Å². The third-order valence-electron chi connectivity index (χ3n) is 8.14. The number of aromatic carboxylic acids is 1. The smallest absolute Gasteiger partial charge is 0.348 e. The predicted octanol–water partition coefficient (Wildman–Crippen LogP) is 6.95. The van der Waals surface area contributed by atoms with E-state index >= 15 is 0 Å². The van der Waals surface area contributed by atoms with Crippen LogP contribution in [0.4, 0.5) is 5.69 Å². The van der Waals surface area contributed by atoms with Crippen LogP contribution in [0.5, 0.6) is 5.75 Å². The SMILES string of the molecule is C=CC=CC=C(C)c1cc(N(C(=O)C2CCC(C)CC2)C2CCN(Cc3ccc(OC)cc3)C(=O)C2)c(C(=O)O)s1. The summed E-state index contributed by atoms with van der Waals surface area (Å²) in [5.41, 5.74) is 2.30. The van der Waals surface area contributed by atoms with E-state index in [2.05, 4.69) is 13.5 Å². The van der Waals surface area contributed by atoms with Crippen LogP contribution in [-0.4, -0.2) is 47.5 Å². The minimum Gasteiger partial charge on any atom is -0.497 e. The van der Waals surface area contributed by atoms with Crippen LogP contribution in [-0.2, 0) is 16.1 Å². The molecule has 2 amide bonds. The number of carbonyl (C=O) groups excluding carboxylic acids is 2. The second kappa shape index (κ2) is 13.8. The molecule has 4 rings (SSSR count). The van der Waals surface area contributed by atoms with E-state index in [1.807, 2.05) is 54.3 Å². The zero-order valence-electron chi connectivity index (χ0n) is 24.2. The molecule has 2 aliphatic rings. The van der Waals surface area contributed by atoms with Gasteiger partial charge in [0.05, 0.1) is 12.8 Å². The summed E-state index contributed by atoms with van der Waals surface area (Å²) in [6.45, 7) is 8.79.